The fraction of sp³-hybridized carbons (Fsp3) is 0.333. The summed E-state index contributed by atoms with van der Waals surface area (Å²) in [6.45, 7) is 3.23. The molecule has 1 atom stereocenters. The molecule has 0 aliphatic carbocycles. The normalized spacial score (nSPS) is 12.3. The second-order valence-corrected chi connectivity index (χ2v) is 6.36. The standard InChI is InChI=1S/C18H22ClNS/c1-3-12-20-17(13-14-8-10-15(19)11-9-14)16-6-4-5-7-18(16)21-2/h4-11,17,20H,3,12-13H2,1-2H3. The quantitative estimate of drug-likeness (QED) is 0.691. The van der Waals surface area contributed by atoms with Gasteiger partial charge in [-0.1, -0.05) is 48.9 Å². The maximum atomic E-state index is 5.98. The molecule has 0 heterocycles. The highest BCUT2D eigenvalue weighted by Gasteiger charge is 2.14. The zero-order chi connectivity index (χ0) is 15.1. The lowest BCUT2D eigenvalue weighted by Gasteiger charge is -2.21. The van der Waals surface area contributed by atoms with Crippen LogP contribution in [-0.4, -0.2) is 12.8 Å². The molecule has 0 fully saturated rings. The summed E-state index contributed by atoms with van der Waals surface area (Å²) in [4.78, 5) is 1.35. The van der Waals surface area contributed by atoms with Crippen LogP contribution in [0.4, 0.5) is 0 Å². The molecule has 2 rings (SSSR count). The molecule has 2 aromatic rings. The molecule has 112 valence electrons. The number of benzene rings is 2. The van der Waals surface area contributed by atoms with Crippen LogP contribution < -0.4 is 5.32 Å². The Morgan fingerprint density at radius 3 is 2.48 bits per heavy atom. The SMILES string of the molecule is CCCNC(Cc1ccc(Cl)cc1)c1ccccc1SC. The van der Waals surface area contributed by atoms with Gasteiger partial charge in [-0.05, 0) is 55.0 Å². The Morgan fingerprint density at radius 2 is 1.81 bits per heavy atom. The van der Waals surface area contributed by atoms with E-state index in [1.165, 1.54) is 16.0 Å². The molecule has 0 saturated heterocycles. The van der Waals surface area contributed by atoms with Crippen LogP contribution in [-0.2, 0) is 6.42 Å². The van der Waals surface area contributed by atoms with Gasteiger partial charge in [0.2, 0.25) is 0 Å². The molecule has 0 amide bonds. The predicted octanol–water partition coefficient (Wildman–Crippen LogP) is 5.35. The Kier molecular flexibility index (Phi) is 6.62. The van der Waals surface area contributed by atoms with Crippen LogP contribution in [0.2, 0.25) is 5.02 Å². The number of nitrogens with one attached hydrogen (secondary N) is 1. The van der Waals surface area contributed by atoms with Gasteiger partial charge in [0.05, 0.1) is 0 Å². The smallest absolute Gasteiger partial charge is 0.0406 e. The average Bonchev–Trinajstić information content (AvgIpc) is 2.53. The van der Waals surface area contributed by atoms with Gasteiger partial charge in [-0.2, -0.15) is 0 Å². The van der Waals surface area contributed by atoms with Crippen molar-refractivity contribution in [1.29, 1.82) is 0 Å². The number of hydrogen-bond donors (Lipinski definition) is 1. The van der Waals surface area contributed by atoms with E-state index in [1.807, 2.05) is 23.9 Å². The summed E-state index contributed by atoms with van der Waals surface area (Å²) < 4.78 is 0. The molecule has 0 aliphatic rings. The third kappa shape index (κ3) is 4.77. The monoisotopic (exact) mass is 319 g/mol. The first-order chi connectivity index (χ1) is 10.2. The Bertz CT molecular complexity index is 553. The fourth-order valence-electron chi connectivity index (χ4n) is 2.42. The first-order valence-electron chi connectivity index (χ1n) is 7.35. The summed E-state index contributed by atoms with van der Waals surface area (Å²) in [5.41, 5.74) is 2.69. The average molecular weight is 320 g/mol. The van der Waals surface area contributed by atoms with E-state index in [4.69, 9.17) is 11.6 Å². The summed E-state index contributed by atoms with van der Waals surface area (Å²) in [6, 6.07) is 17.2. The zero-order valence-electron chi connectivity index (χ0n) is 12.6. The molecule has 1 N–H and O–H groups in total. The molecule has 21 heavy (non-hydrogen) atoms. The Hall–Kier alpha value is -0.960. The lowest BCUT2D eigenvalue weighted by Crippen LogP contribution is -2.24. The van der Waals surface area contributed by atoms with Gasteiger partial charge in [-0.25, -0.2) is 0 Å². The van der Waals surface area contributed by atoms with E-state index in [-0.39, 0.29) is 0 Å². The van der Waals surface area contributed by atoms with E-state index in [2.05, 4.69) is 54.9 Å². The van der Waals surface area contributed by atoms with Crippen LogP contribution in [0, 0.1) is 0 Å². The minimum absolute atomic E-state index is 0.342. The van der Waals surface area contributed by atoms with Crippen molar-refractivity contribution < 1.29 is 0 Å². The van der Waals surface area contributed by atoms with Gasteiger partial charge >= 0.3 is 0 Å². The minimum Gasteiger partial charge on any atom is -0.310 e. The van der Waals surface area contributed by atoms with E-state index >= 15 is 0 Å². The Morgan fingerprint density at radius 1 is 1.10 bits per heavy atom. The molecule has 0 saturated carbocycles. The third-order valence-corrected chi connectivity index (χ3v) is 4.57. The molecule has 0 spiro atoms. The number of halogens is 1. The maximum Gasteiger partial charge on any atom is 0.0406 e. The van der Waals surface area contributed by atoms with Crippen molar-refractivity contribution in [3.63, 3.8) is 0 Å². The molecular formula is C18H22ClNS. The van der Waals surface area contributed by atoms with Crippen LogP contribution in [0.15, 0.2) is 53.4 Å². The van der Waals surface area contributed by atoms with Crippen molar-refractivity contribution in [1.82, 2.24) is 5.32 Å². The van der Waals surface area contributed by atoms with E-state index in [1.54, 1.807) is 0 Å². The highest BCUT2D eigenvalue weighted by Crippen LogP contribution is 2.28. The second-order valence-electron chi connectivity index (χ2n) is 5.08. The fourth-order valence-corrected chi connectivity index (χ4v) is 3.21. The van der Waals surface area contributed by atoms with E-state index in [0.717, 1.165) is 24.4 Å². The van der Waals surface area contributed by atoms with Crippen LogP contribution in [0.5, 0.6) is 0 Å². The van der Waals surface area contributed by atoms with E-state index in [9.17, 15) is 0 Å². The molecule has 1 nitrogen and oxygen atoms in total. The molecule has 2 aromatic carbocycles. The molecule has 0 aromatic heterocycles. The van der Waals surface area contributed by atoms with Crippen molar-refractivity contribution in [2.75, 3.05) is 12.8 Å². The van der Waals surface area contributed by atoms with Crippen molar-refractivity contribution in [3.8, 4) is 0 Å². The largest absolute Gasteiger partial charge is 0.310 e. The lowest BCUT2D eigenvalue weighted by atomic mass is 9.98. The summed E-state index contributed by atoms with van der Waals surface area (Å²) in [5.74, 6) is 0. The van der Waals surface area contributed by atoms with Gasteiger partial charge < -0.3 is 5.32 Å². The molecule has 3 heteroatoms. The van der Waals surface area contributed by atoms with Crippen molar-refractivity contribution >= 4 is 23.4 Å². The van der Waals surface area contributed by atoms with E-state index in [0.29, 0.717) is 6.04 Å². The number of rotatable bonds is 7. The van der Waals surface area contributed by atoms with Crippen molar-refractivity contribution in [2.45, 2.75) is 30.7 Å². The summed E-state index contributed by atoms with van der Waals surface area (Å²) >= 11 is 7.79. The van der Waals surface area contributed by atoms with Gasteiger partial charge in [0.25, 0.3) is 0 Å². The predicted molar refractivity (Wildman–Crippen MR) is 94.4 cm³/mol. The Balaban J connectivity index is 2.23. The molecule has 0 radical (unpaired) electrons. The molecular weight excluding hydrogens is 298 g/mol. The van der Waals surface area contributed by atoms with Crippen LogP contribution in [0.1, 0.15) is 30.5 Å². The molecule has 0 aliphatic heterocycles. The van der Waals surface area contributed by atoms with Gasteiger partial charge in [0.1, 0.15) is 0 Å². The first kappa shape index (κ1) is 16.4. The zero-order valence-corrected chi connectivity index (χ0v) is 14.2. The molecule has 1 unspecified atom stereocenters. The maximum absolute atomic E-state index is 5.98. The highest BCUT2D eigenvalue weighted by atomic mass is 35.5. The Labute approximate surface area is 137 Å². The van der Waals surface area contributed by atoms with Gasteiger partial charge in [0.15, 0.2) is 0 Å². The minimum atomic E-state index is 0.342. The summed E-state index contributed by atoms with van der Waals surface area (Å²) in [5, 5.41) is 4.47. The van der Waals surface area contributed by atoms with Crippen molar-refractivity contribution in [3.05, 3.63) is 64.7 Å². The summed E-state index contributed by atoms with van der Waals surface area (Å²) in [7, 11) is 0. The summed E-state index contributed by atoms with van der Waals surface area (Å²) in [6.07, 6.45) is 4.26. The third-order valence-electron chi connectivity index (χ3n) is 3.51. The number of hydrogen-bond acceptors (Lipinski definition) is 2. The van der Waals surface area contributed by atoms with Gasteiger partial charge in [-0.3, -0.25) is 0 Å². The second kappa shape index (κ2) is 8.47. The highest BCUT2D eigenvalue weighted by molar-refractivity contribution is 7.98. The lowest BCUT2D eigenvalue weighted by molar-refractivity contribution is 0.523. The molecule has 0 bridgehead atoms. The first-order valence-corrected chi connectivity index (χ1v) is 8.95. The van der Waals surface area contributed by atoms with Crippen molar-refractivity contribution in [2.24, 2.45) is 0 Å². The van der Waals surface area contributed by atoms with Crippen LogP contribution in [0.3, 0.4) is 0 Å². The van der Waals surface area contributed by atoms with E-state index < -0.39 is 0 Å². The van der Waals surface area contributed by atoms with Gasteiger partial charge in [0, 0.05) is 16.0 Å². The van der Waals surface area contributed by atoms with Gasteiger partial charge in [-0.15, -0.1) is 11.8 Å². The number of thioether (sulfide) groups is 1. The topological polar surface area (TPSA) is 12.0 Å². The van der Waals surface area contributed by atoms with Crippen LogP contribution in [0.25, 0.3) is 0 Å². The van der Waals surface area contributed by atoms with Crippen LogP contribution >= 0.6 is 23.4 Å².